The zero-order chi connectivity index (χ0) is 10.6. The van der Waals surface area contributed by atoms with Crippen molar-refractivity contribution in [1.29, 1.82) is 0 Å². The molecule has 2 N–H and O–H groups in total. The molecule has 0 saturated carbocycles. The lowest BCUT2D eigenvalue weighted by Gasteiger charge is -2.33. The first-order valence-electron chi connectivity index (χ1n) is 5.44. The maximum Gasteiger partial charge on any atom is 0.0349 e. The molecule has 0 radical (unpaired) electrons. The molecule has 1 atom stereocenters. The normalized spacial score (nSPS) is 14.0. The molecule has 14 heavy (non-hydrogen) atoms. The summed E-state index contributed by atoms with van der Waals surface area (Å²) in [7, 11) is 0. The van der Waals surface area contributed by atoms with Gasteiger partial charge in [-0.05, 0) is 23.8 Å². The standard InChI is InChI=1S/C13H21N/c1-4-13(3,5-2)12(14)11-9-7-6-8-10-11/h6-10,12H,4-5,14H2,1-3H3. The van der Waals surface area contributed by atoms with Crippen molar-refractivity contribution in [3.8, 4) is 0 Å². The molecule has 1 heteroatoms. The molecule has 0 amide bonds. The van der Waals surface area contributed by atoms with E-state index in [9.17, 15) is 0 Å². The summed E-state index contributed by atoms with van der Waals surface area (Å²) < 4.78 is 0. The Bertz CT molecular complexity index is 262. The summed E-state index contributed by atoms with van der Waals surface area (Å²) in [5.41, 5.74) is 7.77. The molecule has 0 heterocycles. The lowest BCUT2D eigenvalue weighted by molar-refractivity contribution is 0.234. The zero-order valence-corrected chi connectivity index (χ0v) is 9.46. The third-order valence-electron chi connectivity index (χ3n) is 3.52. The Morgan fingerprint density at radius 1 is 1.14 bits per heavy atom. The van der Waals surface area contributed by atoms with Crippen LogP contribution in [0.3, 0.4) is 0 Å². The van der Waals surface area contributed by atoms with Gasteiger partial charge in [0.15, 0.2) is 0 Å². The average molecular weight is 191 g/mol. The van der Waals surface area contributed by atoms with Crippen LogP contribution in [-0.2, 0) is 0 Å². The predicted octanol–water partition coefficient (Wildman–Crippen LogP) is 3.51. The van der Waals surface area contributed by atoms with E-state index in [2.05, 4.69) is 45.0 Å². The van der Waals surface area contributed by atoms with Crippen molar-refractivity contribution in [2.75, 3.05) is 0 Å². The summed E-state index contributed by atoms with van der Waals surface area (Å²) in [5, 5.41) is 0. The van der Waals surface area contributed by atoms with E-state index in [1.807, 2.05) is 6.07 Å². The van der Waals surface area contributed by atoms with E-state index in [1.54, 1.807) is 0 Å². The van der Waals surface area contributed by atoms with Crippen LogP contribution < -0.4 is 5.73 Å². The molecule has 1 nitrogen and oxygen atoms in total. The van der Waals surface area contributed by atoms with Gasteiger partial charge in [-0.3, -0.25) is 0 Å². The number of nitrogens with two attached hydrogens (primary N) is 1. The molecule has 1 rings (SSSR count). The Labute approximate surface area is 87.3 Å². The molecule has 0 aliphatic carbocycles. The summed E-state index contributed by atoms with van der Waals surface area (Å²) in [6.45, 7) is 6.70. The van der Waals surface area contributed by atoms with E-state index in [1.165, 1.54) is 5.56 Å². The first-order chi connectivity index (χ1) is 6.64. The maximum absolute atomic E-state index is 6.29. The van der Waals surface area contributed by atoms with E-state index in [0.29, 0.717) is 0 Å². The fraction of sp³-hybridized carbons (Fsp3) is 0.538. The largest absolute Gasteiger partial charge is 0.323 e. The maximum atomic E-state index is 6.29. The molecule has 1 aromatic carbocycles. The van der Waals surface area contributed by atoms with E-state index in [-0.39, 0.29) is 11.5 Å². The van der Waals surface area contributed by atoms with Gasteiger partial charge in [0.05, 0.1) is 0 Å². The van der Waals surface area contributed by atoms with Crippen LogP contribution in [0.5, 0.6) is 0 Å². The van der Waals surface area contributed by atoms with E-state index < -0.39 is 0 Å². The van der Waals surface area contributed by atoms with Crippen LogP contribution in [0, 0.1) is 5.41 Å². The second-order valence-electron chi connectivity index (χ2n) is 4.25. The Hall–Kier alpha value is -0.820. The fourth-order valence-electron chi connectivity index (χ4n) is 1.75. The van der Waals surface area contributed by atoms with E-state index >= 15 is 0 Å². The van der Waals surface area contributed by atoms with E-state index in [4.69, 9.17) is 5.73 Å². The van der Waals surface area contributed by atoms with Crippen molar-refractivity contribution in [1.82, 2.24) is 0 Å². The van der Waals surface area contributed by atoms with Crippen molar-refractivity contribution in [3.63, 3.8) is 0 Å². The number of hydrogen-bond acceptors (Lipinski definition) is 1. The van der Waals surface area contributed by atoms with Crippen LogP contribution in [0.2, 0.25) is 0 Å². The highest BCUT2D eigenvalue weighted by Gasteiger charge is 2.28. The Morgan fingerprint density at radius 3 is 2.07 bits per heavy atom. The smallest absolute Gasteiger partial charge is 0.0349 e. The van der Waals surface area contributed by atoms with Gasteiger partial charge in [0.1, 0.15) is 0 Å². The molecule has 0 spiro atoms. The molecular formula is C13H21N. The topological polar surface area (TPSA) is 26.0 Å². The van der Waals surface area contributed by atoms with Crippen molar-refractivity contribution in [2.24, 2.45) is 11.1 Å². The molecule has 0 aliphatic heterocycles. The number of benzene rings is 1. The summed E-state index contributed by atoms with van der Waals surface area (Å²) >= 11 is 0. The van der Waals surface area contributed by atoms with Crippen molar-refractivity contribution >= 4 is 0 Å². The summed E-state index contributed by atoms with van der Waals surface area (Å²) in [6, 6.07) is 10.5. The third kappa shape index (κ3) is 2.16. The Kier molecular flexibility index (Phi) is 3.70. The lowest BCUT2D eigenvalue weighted by Crippen LogP contribution is -2.30. The lowest BCUT2D eigenvalue weighted by atomic mass is 9.75. The third-order valence-corrected chi connectivity index (χ3v) is 3.52. The van der Waals surface area contributed by atoms with Crippen LogP contribution in [-0.4, -0.2) is 0 Å². The molecule has 0 aliphatic rings. The second-order valence-corrected chi connectivity index (χ2v) is 4.25. The highest BCUT2D eigenvalue weighted by Crippen LogP contribution is 2.37. The van der Waals surface area contributed by atoms with Crippen LogP contribution >= 0.6 is 0 Å². The first-order valence-corrected chi connectivity index (χ1v) is 5.44. The highest BCUT2D eigenvalue weighted by atomic mass is 14.7. The van der Waals surface area contributed by atoms with Gasteiger partial charge in [-0.15, -0.1) is 0 Å². The summed E-state index contributed by atoms with van der Waals surface area (Å²) in [6.07, 6.45) is 2.25. The van der Waals surface area contributed by atoms with Crippen LogP contribution in [0.25, 0.3) is 0 Å². The molecule has 0 fully saturated rings. The van der Waals surface area contributed by atoms with Crippen LogP contribution in [0.1, 0.15) is 45.2 Å². The summed E-state index contributed by atoms with van der Waals surface area (Å²) in [5.74, 6) is 0. The van der Waals surface area contributed by atoms with Gasteiger partial charge in [-0.1, -0.05) is 51.1 Å². The van der Waals surface area contributed by atoms with Crippen molar-refractivity contribution in [3.05, 3.63) is 35.9 Å². The SMILES string of the molecule is CCC(C)(CC)C(N)c1ccccc1. The van der Waals surface area contributed by atoms with Crippen LogP contribution in [0.15, 0.2) is 30.3 Å². The predicted molar refractivity (Wildman–Crippen MR) is 62.1 cm³/mol. The number of rotatable bonds is 4. The van der Waals surface area contributed by atoms with E-state index in [0.717, 1.165) is 12.8 Å². The number of hydrogen-bond donors (Lipinski definition) is 1. The minimum Gasteiger partial charge on any atom is -0.323 e. The molecule has 0 aromatic heterocycles. The Balaban J connectivity index is 2.89. The minimum absolute atomic E-state index is 0.152. The molecule has 1 aromatic rings. The molecule has 1 unspecified atom stereocenters. The van der Waals surface area contributed by atoms with Gasteiger partial charge >= 0.3 is 0 Å². The van der Waals surface area contributed by atoms with Gasteiger partial charge in [0.2, 0.25) is 0 Å². The van der Waals surface area contributed by atoms with Crippen molar-refractivity contribution in [2.45, 2.75) is 39.7 Å². The monoisotopic (exact) mass is 191 g/mol. The molecule has 78 valence electrons. The quantitative estimate of drug-likeness (QED) is 0.774. The van der Waals surface area contributed by atoms with Gasteiger partial charge in [-0.2, -0.15) is 0 Å². The van der Waals surface area contributed by atoms with Gasteiger partial charge in [-0.25, -0.2) is 0 Å². The molecule has 0 saturated heterocycles. The fourth-order valence-corrected chi connectivity index (χ4v) is 1.75. The highest BCUT2D eigenvalue weighted by molar-refractivity contribution is 5.20. The zero-order valence-electron chi connectivity index (χ0n) is 9.46. The van der Waals surface area contributed by atoms with Gasteiger partial charge in [0, 0.05) is 6.04 Å². The van der Waals surface area contributed by atoms with Crippen molar-refractivity contribution < 1.29 is 0 Å². The van der Waals surface area contributed by atoms with Gasteiger partial charge in [0.25, 0.3) is 0 Å². The summed E-state index contributed by atoms with van der Waals surface area (Å²) in [4.78, 5) is 0. The first kappa shape index (κ1) is 11.3. The van der Waals surface area contributed by atoms with Gasteiger partial charge < -0.3 is 5.73 Å². The Morgan fingerprint density at radius 2 is 1.64 bits per heavy atom. The van der Waals surface area contributed by atoms with Crippen LogP contribution in [0.4, 0.5) is 0 Å². The molecule has 0 bridgehead atoms. The molecular weight excluding hydrogens is 170 g/mol. The second kappa shape index (κ2) is 4.61. The average Bonchev–Trinajstić information content (AvgIpc) is 2.28. The minimum atomic E-state index is 0.152.